The van der Waals surface area contributed by atoms with E-state index in [0.717, 1.165) is 11.1 Å². The number of rotatable bonds is 5. The summed E-state index contributed by atoms with van der Waals surface area (Å²) in [5.41, 5.74) is 2.44. The minimum atomic E-state index is -0.821. The molecule has 0 fully saturated rings. The van der Waals surface area contributed by atoms with Crippen molar-refractivity contribution in [1.29, 1.82) is 5.26 Å². The van der Waals surface area contributed by atoms with Gasteiger partial charge in [0.15, 0.2) is 0 Å². The van der Waals surface area contributed by atoms with Gasteiger partial charge in [0.1, 0.15) is 6.04 Å². The lowest BCUT2D eigenvalue weighted by Crippen LogP contribution is -2.42. The van der Waals surface area contributed by atoms with Crippen molar-refractivity contribution in [3.63, 3.8) is 0 Å². The first-order valence-electron chi connectivity index (χ1n) is 6.74. The molecule has 21 heavy (non-hydrogen) atoms. The number of carbonyl (C=O) groups is 2. The second kappa shape index (κ2) is 7.44. The maximum atomic E-state index is 12.2. The van der Waals surface area contributed by atoms with Crippen molar-refractivity contribution in [1.82, 2.24) is 5.32 Å². The topological polar surface area (TPSA) is 79.2 Å². The van der Waals surface area contributed by atoms with Gasteiger partial charge in [-0.2, -0.15) is 5.26 Å². The van der Waals surface area contributed by atoms with Crippen LogP contribution in [-0.2, 0) is 9.53 Å². The molecule has 1 amide bonds. The first-order valence-corrected chi connectivity index (χ1v) is 6.74. The Hall–Kier alpha value is -2.35. The summed E-state index contributed by atoms with van der Waals surface area (Å²) < 4.78 is 4.68. The third-order valence-electron chi connectivity index (χ3n) is 3.08. The summed E-state index contributed by atoms with van der Waals surface area (Å²) in [5.74, 6) is -1.24. The zero-order valence-electron chi connectivity index (χ0n) is 12.8. The van der Waals surface area contributed by atoms with Crippen LogP contribution in [-0.4, -0.2) is 25.0 Å². The normalized spacial score (nSPS) is 12.9. The first kappa shape index (κ1) is 16.7. The molecule has 0 spiro atoms. The number of nitrogens with zero attached hydrogens (tertiary/aromatic N) is 1. The lowest BCUT2D eigenvalue weighted by molar-refractivity contribution is -0.143. The molecule has 0 aromatic heterocycles. The molecule has 0 aliphatic carbocycles. The van der Waals surface area contributed by atoms with E-state index in [-0.39, 0.29) is 18.2 Å². The van der Waals surface area contributed by atoms with Crippen LogP contribution in [0.3, 0.4) is 0 Å². The Kier molecular flexibility index (Phi) is 5.92. The Morgan fingerprint density at radius 1 is 1.29 bits per heavy atom. The summed E-state index contributed by atoms with van der Waals surface area (Å²) in [4.78, 5) is 24.0. The van der Waals surface area contributed by atoms with Gasteiger partial charge < -0.3 is 10.1 Å². The molecule has 1 rings (SSSR count). The monoisotopic (exact) mass is 288 g/mol. The van der Waals surface area contributed by atoms with Gasteiger partial charge in [-0.05, 0) is 39.3 Å². The Morgan fingerprint density at radius 2 is 1.86 bits per heavy atom. The van der Waals surface area contributed by atoms with Crippen LogP contribution >= 0.6 is 0 Å². The lowest BCUT2D eigenvalue weighted by Gasteiger charge is -2.17. The Balaban J connectivity index is 2.89. The van der Waals surface area contributed by atoms with E-state index >= 15 is 0 Å². The van der Waals surface area contributed by atoms with Gasteiger partial charge in [0.25, 0.3) is 5.91 Å². The molecule has 0 saturated heterocycles. The molecule has 5 nitrogen and oxygen atoms in total. The fraction of sp³-hybridized carbons (Fsp3) is 0.438. The predicted octanol–water partition coefficient (Wildman–Crippen LogP) is 2.12. The van der Waals surface area contributed by atoms with Crippen LogP contribution in [0.5, 0.6) is 0 Å². The Labute approximate surface area is 124 Å². The third kappa shape index (κ3) is 4.92. The molecule has 0 heterocycles. The van der Waals surface area contributed by atoms with Crippen LogP contribution in [0.2, 0.25) is 0 Å². The summed E-state index contributed by atoms with van der Waals surface area (Å²) in [6.45, 7) is 5.50. The van der Waals surface area contributed by atoms with Crippen LogP contribution < -0.4 is 5.32 Å². The summed E-state index contributed by atoms with van der Waals surface area (Å²) in [5, 5.41) is 11.5. The summed E-state index contributed by atoms with van der Waals surface area (Å²) >= 11 is 0. The van der Waals surface area contributed by atoms with E-state index < -0.39 is 12.0 Å². The van der Waals surface area contributed by atoms with Crippen molar-refractivity contribution < 1.29 is 14.3 Å². The average Bonchev–Trinajstić information content (AvgIpc) is 2.44. The molecule has 0 aliphatic heterocycles. The Bertz CT molecular complexity index is 555. The van der Waals surface area contributed by atoms with Crippen LogP contribution in [0, 0.1) is 31.1 Å². The number of nitrogens with one attached hydrogen (secondary N) is 1. The number of carbonyl (C=O) groups excluding carboxylic acids is 2. The molecular weight excluding hydrogens is 268 g/mol. The molecule has 1 N–H and O–H groups in total. The molecule has 1 aromatic carbocycles. The Morgan fingerprint density at radius 3 is 2.33 bits per heavy atom. The van der Waals surface area contributed by atoms with Crippen LogP contribution in [0.25, 0.3) is 0 Å². The highest BCUT2D eigenvalue weighted by Crippen LogP contribution is 2.11. The zero-order chi connectivity index (χ0) is 16.0. The number of amides is 1. The molecular formula is C16H20N2O3. The number of methoxy groups -OCH3 is 1. The summed E-state index contributed by atoms with van der Waals surface area (Å²) in [6.07, 6.45) is 0.222. The SMILES string of the molecule is COC(=O)[C@H](C[C@H](C)C#N)NC(=O)c1cc(C)cc(C)c1. The van der Waals surface area contributed by atoms with E-state index in [0.29, 0.717) is 5.56 Å². The summed E-state index contributed by atoms with van der Waals surface area (Å²) in [7, 11) is 1.26. The number of nitriles is 1. The largest absolute Gasteiger partial charge is 0.467 e. The fourth-order valence-electron chi connectivity index (χ4n) is 2.11. The van der Waals surface area contributed by atoms with E-state index in [9.17, 15) is 9.59 Å². The molecule has 0 unspecified atom stereocenters. The number of hydrogen-bond donors (Lipinski definition) is 1. The first-order chi connectivity index (χ1) is 9.87. The van der Waals surface area contributed by atoms with Crippen molar-refractivity contribution in [3.05, 3.63) is 34.9 Å². The highest BCUT2D eigenvalue weighted by atomic mass is 16.5. The van der Waals surface area contributed by atoms with Gasteiger partial charge in [0.2, 0.25) is 0 Å². The zero-order valence-corrected chi connectivity index (χ0v) is 12.8. The molecule has 0 saturated carbocycles. The molecule has 1 aromatic rings. The smallest absolute Gasteiger partial charge is 0.328 e. The molecule has 0 aliphatic rings. The van der Waals surface area contributed by atoms with E-state index in [1.807, 2.05) is 26.0 Å². The van der Waals surface area contributed by atoms with Gasteiger partial charge >= 0.3 is 5.97 Å². The van der Waals surface area contributed by atoms with E-state index in [1.54, 1.807) is 19.1 Å². The highest BCUT2D eigenvalue weighted by Gasteiger charge is 2.24. The average molecular weight is 288 g/mol. The number of hydrogen-bond acceptors (Lipinski definition) is 4. The number of ether oxygens (including phenoxy) is 1. The predicted molar refractivity (Wildman–Crippen MR) is 78.6 cm³/mol. The highest BCUT2D eigenvalue weighted by molar-refractivity contribution is 5.97. The van der Waals surface area contributed by atoms with Gasteiger partial charge in [-0.1, -0.05) is 17.2 Å². The van der Waals surface area contributed by atoms with Crippen LogP contribution in [0.15, 0.2) is 18.2 Å². The van der Waals surface area contributed by atoms with Crippen LogP contribution in [0.4, 0.5) is 0 Å². The molecule has 112 valence electrons. The lowest BCUT2D eigenvalue weighted by atomic mass is 10.0. The quantitative estimate of drug-likeness (QED) is 0.842. The second-order valence-corrected chi connectivity index (χ2v) is 5.19. The van der Waals surface area contributed by atoms with E-state index in [1.165, 1.54) is 7.11 Å². The minimum Gasteiger partial charge on any atom is -0.467 e. The van der Waals surface area contributed by atoms with Crippen molar-refractivity contribution in [2.24, 2.45) is 5.92 Å². The van der Waals surface area contributed by atoms with E-state index in [4.69, 9.17) is 5.26 Å². The van der Waals surface area contributed by atoms with Gasteiger partial charge in [0, 0.05) is 11.5 Å². The minimum absolute atomic E-state index is 0.222. The third-order valence-corrected chi connectivity index (χ3v) is 3.08. The van der Waals surface area contributed by atoms with Gasteiger partial charge in [-0.15, -0.1) is 0 Å². The number of esters is 1. The standard InChI is InChI=1S/C16H20N2O3/c1-10-5-11(2)7-13(6-10)15(19)18-14(16(20)21-4)8-12(3)9-17/h5-7,12,14H,8H2,1-4H3,(H,18,19)/t12-,14-/m0/s1. The van der Waals surface area contributed by atoms with Crippen molar-refractivity contribution in [3.8, 4) is 6.07 Å². The van der Waals surface area contributed by atoms with Crippen molar-refractivity contribution in [2.75, 3.05) is 7.11 Å². The fourth-order valence-corrected chi connectivity index (χ4v) is 2.11. The maximum absolute atomic E-state index is 12.2. The second-order valence-electron chi connectivity index (χ2n) is 5.19. The molecule has 0 bridgehead atoms. The number of benzene rings is 1. The van der Waals surface area contributed by atoms with Crippen molar-refractivity contribution >= 4 is 11.9 Å². The van der Waals surface area contributed by atoms with Gasteiger partial charge in [0.05, 0.1) is 13.2 Å². The molecule has 5 heteroatoms. The molecule has 0 radical (unpaired) electrons. The van der Waals surface area contributed by atoms with Crippen molar-refractivity contribution in [2.45, 2.75) is 33.2 Å². The maximum Gasteiger partial charge on any atom is 0.328 e. The van der Waals surface area contributed by atoms with Gasteiger partial charge in [-0.3, -0.25) is 4.79 Å². The number of aryl methyl sites for hydroxylation is 2. The van der Waals surface area contributed by atoms with Crippen LogP contribution in [0.1, 0.15) is 34.8 Å². The van der Waals surface area contributed by atoms with Gasteiger partial charge in [-0.25, -0.2) is 4.79 Å². The summed E-state index contributed by atoms with van der Waals surface area (Å²) in [6, 6.07) is 6.70. The van der Waals surface area contributed by atoms with E-state index in [2.05, 4.69) is 10.1 Å². The molecule has 2 atom stereocenters.